The monoisotopic (exact) mass is 495 g/mol. The number of sulfonamides is 2. The summed E-state index contributed by atoms with van der Waals surface area (Å²) in [5.41, 5.74) is 1.63. The Bertz CT molecular complexity index is 1350. The molecule has 10 nitrogen and oxygen atoms in total. The zero-order valence-corrected chi connectivity index (χ0v) is 19.3. The average molecular weight is 496 g/mol. The smallest absolute Gasteiger partial charge is 0.246 e. The summed E-state index contributed by atoms with van der Waals surface area (Å²) in [4.78, 5) is 12.9. The van der Waals surface area contributed by atoms with Gasteiger partial charge in [0.2, 0.25) is 26.0 Å². The van der Waals surface area contributed by atoms with Crippen LogP contribution in [-0.2, 0) is 31.3 Å². The molecule has 0 radical (unpaired) electrons. The Kier molecular flexibility index (Phi) is 6.27. The number of nitrogens with one attached hydrogen (secondary N) is 1. The Morgan fingerprint density at radius 3 is 2.59 bits per heavy atom. The fraction of sp³-hybridized carbons (Fsp3) is 0.316. The minimum absolute atomic E-state index is 0.0161. The maximum atomic E-state index is 13.3. The lowest BCUT2D eigenvalue weighted by Gasteiger charge is -2.23. The molecule has 1 aromatic heterocycles. The predicted octanol–water partition coefficient (Wildman–Crippen LogP) is 0.851. The zero-order chi connectivity index (χ0) is 22.9. The van der Waals surface area contributed by atoms with Crippen LogP contribution in [0.15, 0.2) is 52.3 Å². The Morgan fingerprint density at radius 2 is 1.88 bits per heavy atom. The molecule has 1 fully saturated rings. The van der Waals surface area contributed by atoms with Gasteiger partial charge in [-0.05, 0) is 49.1 Å². The van der Waals surface area contributed by atoms with Gasteiger partial charge in [0.25, 0.3) is 0 Å². The molecule has 0 spiro atoms. The standard InChI is InChI=1S/C19H21N5O5S3/c20-31(26,27)14-8-6-13(7-9-14)10-11-21-19(25)16-4-2-12-24(16)32(28,29)17-5-1-3-15-18(17)23-30-22-15/h1,3,5-9,16H,2,4,10-12H2,(H,21,25)(H2,20,26,27)/t16-/m1/s1. The molecule has 3 aromatic rings. The molecule has 170 valence electrons. The third kappa shape index (κ3) is 4.52. The summed E-state index contributed by atoms with van der Waals surface area (Å²) in [5, 5.41) is 7.88. The minimum atomic E-state index is -3.92. The van der Waals surface area contributed by atoms with Gasteiger partial charge >= 0.3 is 0 Å². The van der Waals surface area contributed by atoms with E-state index in [9.17, 15) is 21.6 Å². The Hall–Kier alpha value is -2.45. The Labute approximate surface area is 189 Å². The predicted molar refractivity (Wildman–Crippen MR) is 119 cm³/mol. The van der Waals surface area contributed by atoms with Crippen LogP contribution in [0.5, 0.6) is 0 Å². The Morgan fingerprint density at radius 1 is 1.12 bits per heavy atom. The third-order valence-electron chi connectivity index (χ3n) is 5.31. The van der Waals surface area contributed by atoms with Crippen LogP contribution >= 0.6 is 11.7 Å². The molecule has 0 aliphatic carbocycles. The number of aromatic nitrogens is 2. The van der Waals surface area contributed by atoms with Crippen LogP contribution in [0.1, 0.15) is 18.4 Å². The molecule has 1 aliphatic rings. The van der Waals surface area contributed by atoms with E-state index >= 15 is 0 Å². The van der Waals surface area contributed by atoms with E-state index in [0.717, 1.165) is 17.3 Å². The number of fused-ring (bicyclic) bond motifs is 1. The van der Waals surface area contributed by atoms with Gasteiger partial charge in [-0.2, -0.15) is 13.1 Å². The van der Waals surface area contributed by atoms with E-state index in [0.29, 0.717) is 30.3 Å². The number of carbonyl (C=O) groups is 1. The van der Waals surface area contributed by atoms with Gasteiger partial charge in [0.1, 0.15) is 22.0 Å². The number of amides is 1. The Balaban J connectivity index is 1.43. The highest BCUT2D eigenvalue weighted by Gasteiger charge is 2.40. The summed E-state index contributed by atoms with van der Waals surface area (Å²) >= 11 is 0.941. The largest absolute Gasteiger partial charge is 0.354 e. The number of carbonyl (C=O) groups excluding carboxylic acids is 1. The van der Waals surface area contributed by atoms with Crippen LogP contribution in [-0.4, -0.2) is 54.9 Å². The second kappa shape index (κ2) is 8.83. The SMILES string of the molecule is NS(=O)(=O)c1ccc(CCNC(=O)[C@H]2CCCN2S(=O)(=O)c2cccc3nsnc23)cc1. The van der Waals surface area contributed by atoms with Crippen LogP contribution < -0.4 is 10.5 Å². The first-order chi connectivity index (χ1) is 15.2. The first-order valence-electron chi connectivity index (χ1n) is 9.80. The quantitative estimate of drug-likeness (QED) is 0.493. The van der Waals surface area contributed by atoms with Gasteiger partial charge in [0.15, 0.2) is 0 Å². The molecule has 1 atom stereocenters. The third-order valence-corrected chi connectivity index (χ3v) is 8.72. The van der Waals surface area contributed by atoms with E-state index in [-0.39, 0.29) is 28.8 Å². The summed E-state index contributed by atoms with van der Waals surface area (Å²) < 4.78 is 58.7. The summed E-state index contributed by atoms with van der Waals surface area (Å²) in [7, 11) is -7.68. The van der Waals surface area contributed by atoms with Crippen molar-refractivity contribution in [2.75, 3.05) is 13.1 Å². The van der Waals surface area contributed by atoms with Crippen molar-refractivity contribution >= 4 is 48.7 Å². The number of nitrogens with zero attached hydrogens (tertiary/aromatic N) is 3. The van der Waals surface area contributed by atoms with E-state index in [2.05, 4.69) is 14.1 Å². The van der Waals surface area contributed by atoms with Crippen molar-refractivity contribution in [1.29, 1.82) is 0 Å². The van der Waals surface area contributed by atoms with Gasteiger partial charge < -0.3 is 5.32 Å². The maximum Gasteiger partial charge on any atom is 0.246 e. The molecular formula is C19H21N5O5S3. The first kappa shape index (κ1) is 22.7. The molecule has 2 aromatic carbocycles. The lowest BCUT2D eigenvalue weighted by molar-refractivity contribution is -0.124. The van der Waals surface area contributed by atoms with Crippen molar-refractivity contribution in [1.82, 2.24) is 18.4 Å². The molecule has 32 heavy (non-hydrogen) atoms. The lowest BCUT2D eigenvalue weighted by atomic mass is 10.1. The van der Waals surface area contributed by atoms with Crippen LogP contribution in [0.3, 0.4) is 0 Å². The van der Waals surface area contributed by atoms with Crippen molar-refractivity contribution in [3.8, 4) is 0 Å². The van der Waals surface area contributed by atoms with Gasteiger partial charge in [-0.1, -0.05) is 18.2 Å². The summed E-state index contributed by atoms with van der Waals surface area (Å²) in [6.07, 6.45) is 1.47. The number of nitrogens with two attached hydrogens (primary N) is 1. The average Bonchev–Trinajstić information content (AvgIpc) is 3.43. The summed E-state index contributed by atoms with van der Waals surface area (Å²) in [6.45, 7) is 0.535. The molecule has 13 heteroatoms. The molecule has 1 amide bonds. The van der Waals surface area contributed by atoms with Gasteiger partial charge in [0.05, 0.1) is 16.6 Å². The number of benzene rings is 2. The second-order valence-electron chi connectivity index (χ2n) is 7.39. The van der Waals surface area contributed by atoms with Crippen LogP contribution in [0, 0.1) is 0 Å². The first-order valence-corrected chi connectivity index (χ1v) is 13.5. The molecule has 1 saturated heterocycles. The van der Waals surface area contributed by atoms with Crippen LogP contribution in [0.25, 0.3) is 11.0 Å². The molecule has 0 saturated carbocycles. The lowest BCUT2D eigenvalue weighted by Crippen LogP contribution is -2.46. The molecule has 0 unspecified atom stereocenters. The van der Waals surface area contributed by atoms with E-state index in [1.54, 1.807) is 24.3 Å². The van der Waals surface area contributed by atoms with Gasteiger partial charge in [-0.15, -0.1) is 0 Å². The van der Waals surface area contributed by atoms with Crippen molar-refractivity contribution < 1.29 is 21.6 Å². The van der Waals surface area contributed by atoms with E-state index in [1.807, 2.05) is 0 Å². The molecule has 0 bridgehead atoms. The summed E-state index contributed by atoms with van der Waals surface area (Å²) in [5.74, 6) is -0.365. The highest BCUT2D eigenvalue weighted by Crippen LogP contribution is 2.30. The van der Waals surface area contributed by atoms with Crippen molar-refractivity contribution in [2.24, 2.45) is 5.14 Å². The van der Waals surface area contributed by atoms with Crippen molar-refractivity contribution in [3.63, 3.8) is 0 Å². The van der Waals surface area contributed by atoms with E-state index < -0.39 is 26.1 Å². The van der Waals surface area contributed by atoms with Gasteiger partial charge in [-0.3, -0.25) is 4.79 Å². The second-order valence-corrected chi connectivity index (χ2v) is 11.3. The van der Waals surface area contributed by atoms with E-state index in [1.165, 1.54) is 22.5 Å². The zero-order valence-electron chi connectivity index (χ0n) is 16.8. The van der Waals surface area contributed by atoms with Gasteiger partial charge in [0, 0.05) is 13.1 Å². The van der Waals surface area contributed by atoms with Crippen molar-refractivity contribution in [3.05, 3.63) is 48.0 Å². The topological polar surface area (TPSA) is 152 Å². The normalized spacial score (nSPS) is 17.6. The number of rotatable bonds is 7. The fourth-order valence-electron chi connectivity index (χ4n) is 3.70. The number of hydrogen-bond acceptors (Lipinski definition) is 8. The highest BCUT2D eigenvalue weighted by molar-refractivity contribution is 7.89. The van der Waals surface area contributed by atoms with Crippen LogP contribution in [0.4, 0.5) is 0 Å². The summed E-state index contributed by atoms with van der Waals surface area (Å²) in [6, 6.07) is 10.1. The molecule has 1 aliphatic heterocycles. The van der Waals surface area contributed by atoms with E-state index in [4.69, 9.17) is 5.14 Å². The van der Waals surface area contributed by atoms with Crippen molar-refractivity contribution in [2.45, 2.75) is 35.1 Å². The van der Waals surface area contributed by atoms with Gasteiger partial charge in [-0.25, -0.2) is 22.0 Å². The molecule has 3 N–H and O–H groups in total. The highest BCUT2D eigenvalue weighted by atomic mass is 32.2. The number of hydrogen-bond donors (Lipinski definition) is 2. The van der Waals surface area contributed by atoms with Crippen LogP contribution in [0.2, 0.25) is 0 Å². The molecular weight excluding hydrogens is 474 g/mol. The molecule has 4 rings (SSSR count). The molecule has 2 heterocycles. The fourth-order valence-corrected chi connectivity index (χ4v) is 6.63. The minimum Gasteiger partial charge on any atom is -0.354 e. The maximum absolute atomic E-state index is 13.3. The number of primary sulfonamides is 1.